The second-order valence-electron chi connectivity index (χ2n) is 4.39. The van der Waals surface area contributed by atoms with Crippen LogP contribution in [0.1, 0.15) is 31.2 Å². The highest BCUT2D eigenvalue weighted by Crippen LogP contribution is 2.19. The van der Waals surface area contributed by atoms with Crippen LogP contribution < -0.4 is 10.6 Å². The predicted octanol–water partition coefficient (Wildman–Crippen LogP) is 2.13. The molecule has 96 valence electrons. The molecule has 0 saturated carbocycles. The molecule has 0 bridgehead atoms. The summed E-state index contributed by atoms with van der Waals surface area (Å²) in [6, 6.07) is 8.28. The van der Waals surface area contributed by atoms with Gasteiger partial charge in [-0.2, -0.15) is 0 Å². The van der Waals surface area contributed by atoms with Gasteiger partial charge in [-0.15, -0.1) is 0 Å². The molecule has 0 fully saturated rings. The summed E-state index contributed by atoms with van der Waals surface area (Å²) >= 11 is 0. The SMILES string of the molecule is CN(CCCCCCO)c1ccccc1CN. The number of unbranched alkanes of at least 4 members (excludes halogenated alkanes) is 3. The summed E-state index contributed by atoms with van der Waals surface area (Å²) in [5.41, 5.74) is 8.16. The van der Waals surface area contributed by atoms with Gasteiger partial charge in [0.25, 0.3) is 0 Å². The van der Waals surface area contributed by atoms with Crippen molar-refractivity contribution in [1.29, 1.82) is 0 Å². The fraction of sp³-hybridized carbons (Fsp3) is 0.571. The van der Waals surface area contributed by atoms with E-state index >= 15 is 0 Å². The van der Waals surface area contributed by atoms with E-state index in [9.17, 15) is 0 Å². The van der Waals surface area contributed by atoms with E-state index in [2.05, 4.69) is 30.1 Å². The zero-order valence-corrected chi connectivity index (χ0v) is 10.7. The van der Waals surface area contributed by atoms with Gasteiger partial charge in [0.2, 0.25) is 0 Å². The van der Waals surface area contributed by atoms with Crippen LogP contribution in [-0.4, -0.2) is 25.3 Å². The van der Waals surface area contributed by atoms with E-state index in [4.69, 9.17) is 10.8 Å². The fourth-order valence-electron chi connectivity index (χ4n) is 1.99. The Balaban J connectivity index is 2.38. The third-order valence-electron chi connectivity index (χ3n) is 3.02. The summed E-state index contributed by atoms with van der Waals surface area (Å²) in [5, 5.41) is 8.70. The van der Waals surface area contributed by atoms with Crippen LogP contribution in [0.3, 0.4) is 0 Å². The number of benzene rings is 1. The van der Waals surface area contributed by atoms with Gasteiger partial charge in [-0.05, 0) is 24.5 Å². The molecule has 0 amide bonds. The molecule has 0 spiro atoms. The van der Waals surface area contributed by atoms with Crippen molar-refractivity contribution in [3.05, 3.63) is 29.8 Å². The van der Waals surface area contributed by atoms with Crippen molar-refractivity contribution in [3.63, 3.8) is 0 Å². The number of para-hydroxylation sites is 1. The summed E-state index contributed by atoms with van der Waals surface area (Å²) in [7, 11) is 2.11. The molecule has 3 nitrogen and oxygen atoms in total. The molecule has 0 heterocycles. The molecule has 0 atom stereocenters. The maximum absolute atomic E-state index is 8.70. The van der Waals surface area contributed by atoms with Crippen molar-refractivity contribution < 1.29 is 5.11 Å². The molecular formula is C14H24N2O. The molecule has 17 heavy (non-hydrogen) atoms. The number of nitrogens with zero attached hydrogens (tertiary/aromatic N) is 1. The Labute approximate surface area is 104 Å². The van der Waals surface area contributed by atoms with Gasteiger partial charge in [0.1, 0.15) is 0 Å². The molecule has 0 aliphatic rings. The minimum absolute atomic E-state index is 0.311. The first-order valence-electron chi connectivity index (χ1n) is 6.39. The minimum Gasteiger partial charge on any atom is -0.396 e. The van der Waals surface area contributed by atoms with Gasteiger partial charge in [0, 0.05) is 32.4 Å². The maximum atomic E-state index is 8.70. The Morgan fingerprint density at radius 1 is 1.12 bits per heavy atom. The van der Waals surface area contributed by atoms with Crippen LogP contribution in [0.5, 0.6) is 0 Å². The zero-order valence-electron chi connectivity index (χ0n) is 10.7. The van der Waals surface area contributed by atoms with Crippen molar-refractivity contribution in [2.24, 2.45) is 5.73 Å². The van der Waals surface area contributed by atoms with Gasteiger partial charge in [0.15, 0.2) is 0 Å². The monoisotopic (exact) mass is 236 g/mol. The highest BCUT2D eigenvalue weighted by molar-refractivity contribution is 5.52. The van der Waals surface area contributed by atoms with Crippen LogP contribution in [0.2, 0.25) is 0 Å². The molecule has 0 aromatic heterocycles. The number of anilines is 1. The Bertz CT molecular complexity index is 315. The highest BCUT2D eigenvalue weighted by Gasteiger charge is 2.04. The van der Waals surface area contributed by atoms with Crippen LogP contribution in [0, 0.1) is 0 Å². The van der Waals surface area contributed by atoms with E-state index in [1.807, 2.05) is 6.07 Å². The van der Waals surface area contributed by atoms with Crippen LogP contribution in [-0.2, 0) is 6.54 Å². The second-order valence-corrected chi connectivity index (χ2v) is 4.39. The number of hydrogen-bond acceptors (Lipinski definition) is 3. The van der Waals surface area contributed by atoms with E-state index in [0.717, 1.165) is 25.8 Å². The van der Waals surface area contributed by atoms with E-state index < -0.39 is 0 Å². The summed E-state index contributed by atoms with van der Waals surface area (Å²) in [6.07, 6.45) is 4.37. The van der Waals surface area contributed by atoms with Gasteiger partial charge in [-0.25, -0.2) is 0 Å². The lowest BCUT2D eigenvalue weighted by Crippen LogP contribution is -2.20. The van der Waals surface area contributed by atoms with Crippen molar-refractivity contribution in [2.45, 2.75) is 32.2 Å². The molecule has 3 heteroatoms. The number of aliphatic hydroxyl groups excluding tert-OH is 1. The lowest BCUT2D eigenvalue weighted by atomic mass is 10.1. The molecular weight excluding hydrogens is 212 g/mol. The number of aliphatic hydroxyl groups is 1. The minimum atomic E-state index is 0.311. The summed E-state index contributed by atoms with van der Waals surface area (Å²) in [6.45, 7) is 1.94. The van der Waals surface area contributed by atoms with Gasteiger partial charge < -0.3 is 15.7 Å². The molecule has 1 aromatic rings. The van der Waals surface area contributed by atoms with E-state index in [0.29, 0.717) is 13.2 Å². The largest absolute Gasteiger partial charge is 0.396 e. The maximum Gasteiger partial charge on any atom is 0.0431 e. The summed E-state index contributed by atoms with van der Waals surface area (Å²) in [4.78, 5) is 2.27. The van der Waals surface area contributed by atoms with E-state index in [1.165, 1.54) is 17.7 Å². The zero-order chi connectivity index (χ0) is 12.5. The second kappa shape index (κ2) is 8.09. The smallest absolute Gasteiger partial charge is 0.0431 e. The Kier molecular flexibility index (Phi) is 6.67. The molecule has 1 aromatic carbocycles. The quantitative estimate of drug-likeness (QED) is 0.680. The van der Waals surface area contributed by atoms with Crippen molar-refractivity contribution in [2.75, 3.05) is 25.1 Å². The Morgan fingerprint density at radius 2 is 1.82 bits per heavy atom. The highest BCUT2D eigenvalue weighted by atomic mass is 16.2. The molecule has 0 unspecified atom stereocenters. The van der Waals surface area contributed by atoms with Crippen molar-refractivity contribution in [3.8, 4) is 0 Å². The average molecular weight is 236 g/mol. The first kappa shape index (κ1) is 14.0. The summed E-state index contributed by atoms with van der Waals surface area (Å²) < 4.78 is 0. The van der Waals surface area contributed by atoms with Gasteiger partial charge >= 0.3 is 0 Å². The van der Waals surface area contributed by atoms with Crippen LogP contribution in [0.25, 0.3) is 0 Å². The number of rotatable bonds is 8. The predicted molar refractivity (Wildman–Crippen MR) is 73.2 cm³/mol. The third-order valence-corrected chi connectivity index (χ3v) is 3.02. The molecule has 0 saturated heterocycles. The molecule has 0 radical (unpaired) electrons. The molecule has 1 rings (SSSR count). The van der Waals surface area contributed by atoms with Crippen molar-refractivity contribution >= 4 is 5.69 Å². The lowest BCUT2D eigenvalue weighted by Gasteiger charge is -2.22. The number of nitrogens with two attached hydrogens (primary N) is 1. The van der Waals surface area contributed by atoms with Crippen LogP contribution >= 0.6 is 0 Å². The van der Waals surface area contributed by atoms with Crippen LogP contribution in [0.15, 0.2) is 24.3 Å². The summed E-state index contributed by atoms with van der Waals surface area (Å²) in [5.74, 6) is 0. The van der Waals surface area contributed by atoms with Gasteiger partial charge in [0.05, 0.1) is 0 Å². The fourth-order valence-corrected chi connectivity index (χ4v) is 1.99. The van der Waals surface area contributed by atoms with E-state index in [-0.39, 0.29) is 0 Å². The Morgan fingerprint density at radius 3 is 2.53 bits per heavy atom. The molecule has 3 N–H and O–H groups in total. The first-order valence-corrected chi connectivity index (χ1v) is 6.39. The van der Waals surface area contributed by atoms with Gasteiger partial charge in [-0.3, -0.25) is 0 Å². The molecule has 0 aliphatic heterocycles. The standard InChI is InChI=1S/C14H24N2O/c1-16(10-6-2-3-7-11-17)14-9-5-4-8-13(14)12-15/h4-5,8-9,17H,2-3,6-7,10-12,15H2,1H3. The normalized spacial score (nSPS) is 10.5. The Hall–Kier alpha value is -1.06. The topological polar surface area (TPSA) is 49.5 Å². The lowest BCUT2D eigenvalue weighted by molar-refractivity contribution is 0.282. The van der Waals surface area contributed by atoms with Gasteiger partial charge in [-0.1, -0.05) is 31.0 Å². The molecule has 0 aliphatic carbocycles. The van der Waals surface area contributed by atoms with Crippen molar-refractivity contribution in [1.82, 2.24) is 0 Å². The third kappa shape index (κ3) is 4.75. The average Bonchev–Trinajstić information content (AvgIpc) is 2.38. The van der Waals surface area contributed by atoms with E-state index in [1.54, 1.807) is 0 Å². The first-order chi connectivity index (χ1) is 8.29. The number of hydrogen-bond donors (Lipinski definition) is 2. The van der Waals surface area contributed by atoms with Crippen LogP contribution in [0.4, 0.5) is 5.69 Å².